The van der Waals surface area contributed by atoms with Crippen molar-refractivity contribution in [2.75, 3.05) is 12.9 Å². The van der Waals surface area contributed by atoms with Crippen LogP contribution in [0.3, 0.4) is 0 Å². The third kappa shape index (κ3) is 5.18. The highest BCUT2D eigenvalue weighted by atomic mass is 32.2. The number of nitrogens with zero attached hydrogens (tertiary/aromatic N) is 2. The largest absolute Gasteiger partial charge is 0.497 e. The Labute approximate surface area is 164 Å². The van der Waals surface area contributed by atoms with Gasteiger partial charge in [-0.25, -0.2) is 4.98 Å². The molecule has 0 aliphatic carbocycles. The number of ketones is 1. The van der Waals surface area contributed by atoms with E-state index in [9.17, 15) is 9.59 Å². The van der Waals surface area contributed by atoms with E-state index in [0.717, 1.165) is 16.2 Å². The molecule has 0 radical (unpaired) electrons. The number of nitrogens with one attached hydrogen (secondary N) is 2. The second kappa shape index (κ2) is 8.83. The topological polar surface area (TPSA) is 97.0 Å². The lowest BCUT2D eigenvalue weighted by Crippen LogP contribution is -2.18. The molecule has 9 heteroatoms. The fourth-order valence-electron chi connectivity index (χ4n) is 2.22. The fraction of sp³-hybridized carbons (Fsp3) is 0.222. The monoisotopic (exact) mass is 402 g/mol. The van der Waals surface area contributed by atoms with E-state index in [1.165, 1.54) is 30.0 Å². The first-order chi connectivity index (χ1) is 13.0. The van der Waals surface area contributed by atoms with E-state index in [2.05, 4.69) is 20.5 Å². The van der Waals surface area contributed by atoms with Gasteiger partial charge in [-0.3, -0.25) is 14.7 Å². The maximum Gasteiger partial charge on any atom is 0.217 e. The summed E-state index contributed by atoms with van der Waals surface area (Å²) in [7, 11) is 1.62. The van der Waals surface area contributed by atoms with Gasteiger partial charge in [0.25, 0.3) is 0 Å². The molecule has 2 heterocycles. The molecule has 0 saturated carbocycles. The van der Waals surface area contributed by atoms with Crippen LogP contribution in [0.1, 0.15) is 21.5 Å². The Balaban J connectivity index is 1.56. The van der Waals surface area contributed by atoms with Crippen molar-refractivity contribution in [2.45, 2.75) is 18.6 Å². The van der Waals surface area contributed by atoms with Crippen LogP contribution in [0, 0.1) is 0 Å². The molecule has 1 aromatic carbocycles. The number of hydrogen-bond donors (Lipinski definition) is 2. The molecule has 2 N–H and O–H groups in total. The summed E-state index contributed by atoms with van der Waals surface area (Å²) < 4.78 is 5.14. The van der Waals surface area contributed by atoms with Crippen LogP contribution in [0.25, 0.3) is 11.4 Å². The Morgan fingerprint density at radius 2 is 2.00 bits per heavy atom. The normalized spacial score (nSPS) is 10.6. The zero-order valence-corrected chi connectivity index (χ0v) is 16.4. The summed E-state index contributed by atoms with van der Waals surface area (Å²) in [5, 5.41) is 10.3. The van der Waals surface area contributed by atoms with Crippen molar-refractivity contribution in [3.05, 3.63) is 46.2 Å². The summed E-state index contributed by atoms with van der Waals surface area (Å²) in [6.07, 6.45) is 0. The van der Waals surface area contributed by atoms with Gasteiger partial charge in [-0.1, -0.05) is 11.8 Å². The molecule has 1 amide bonds. The maximum absolute atomic E-state index is 12.3. The minimum atomic E-state index is -0.0934. The van der Waals surface area contributed by atoms with E-state index >= 15 is 0 Å². The van der Waals surface area contributed by atoms with Gasteiger partial charge in [0.05, 0.1) is 24.3 Å². The minimum absolute atomic E-state index is 0.00914. The molecule has 0 aliphatic rings. The third-order valence-corrected chi connectivity index (χ3v) is 5.58. The summed E-state index contributed by atoms with van der Waals surface area (Å²) in [6.45, 7) is 1.90. The summed E-state index contributed by atoms with van der Waals surface area (Å²) in [6, 6.07) is 11.1. The van der Waals surface area contributed by atoms with Gasteiger partial charge in [0, 0.05) is 17.4 Å². The second-order valence-corrected chi connectivity index (χ2v) is 7.69. The van der Waals surface area contributed by atoms with Crippen molar-refractivity contribution < 1.29 is 14.3 Å². The molecule has 27 heavy (non-hydrogen) atoms. The van der Waals surface area contributed by atoms with Gasteiger partial charge in [-0.15, -0.1) is 16.4 Å². The Kier molecular flexibility index (Phi) is 6.25. The number of aromatic amines is 1. The number of thioether (sulfide) groups is 1. The molecule has 0 unspecified atom stereocenters. The van der Waals surface area contributed by atoms with Gasteiger partial charge < -0.3 is 10.1 Å². The van der Waals surface area contributed by atoms with Crippen LogP contribution in [0.2, 0.25) is 0 Å². The predicted octanol–water partition coefficient (Wildman–Crippen LogP) is 3.15. The van der Waals surface area contributed by atoms with E-state index in [1.807, 2.05) is 30.3 Å². The van der Waals surface area contributed by atoms with Gasteiger partial charge in [0.1, 0.15) is 5.75 Å². The standard InChI is InChI=1S/C18H18N4O3S2/c1-11(23)19-9-14-7-8-16(27-14)15(24)10-26-18-20-17(21-22-18)12-3-5-13(25-2)6-4-12/h3-8H,9-10H2,1-2H3,(H,19,23)(H,20,21,22). The van der Waals surface area contributed by atoms with E-state index in [1.54, 1.807) is 13.2 Å². The highest BCUT2D eigenvalue weighted by Gasteiger charge is 2.13. The number of methoxy groups -OCH3 is 1. The van der Waals surface area contributed by atoms with Crippen LogP contribution in [0.15, 0.2) is 41.6 Å². The molecule has 0 aliphatic heterocycles. The van der Waals surface area contributed by atoms with Gasteiger partial charge in [-0.05, 0) is 36.4 Å². The highest BCUT2D eigenvalue weighted by molar-refractivity contribution is 7.99. The van der Waals surface area contributed by atoms with Crippen LogP contribution in [-0.2, 0) is 11.3 Å². The number of H-pyrrole nitrogens is 1. The smallest absolute Gasteiger partial charge is 0.217 e. The summed E-state index contributed by atoms with van der Waals surface area (Å²) in [4.78, 5) is 29.3. The van der Waals surface area contributed by atoms with Crippen molar-refractivity contribution in [2.24, 2.45) is 0 Å². The van der Waals surface area contributed by atoms with Gasteiger partial charge in [-0.2, -0.15) is 0 Å². The molecule has 0 saturated heterocycles. The highest BCUT2D eigenvalue weighted by Crippen LogP contribution is 2.23. The molecule has 7 nitrogen and oxygen atoms in total. The van der Waals surface area contributed by atoms with Crippen molar-refractivity contribution in [1.29, 1.82) is 0 Å². The van der Waals surface area contributed by atoms with Crippen LogP contribution in [-0.4, -0.2) is 39.7 Å². The van der Waals surface area contributed by atoms with Crippen molar-refractivity contribution in [1.82, 2.24) is 20.5 Å². The number of carbonyl (C=O) groups excluding carboxylic acids is 2. The molecule has 0 atom stereocenters. The first-order valence-corrected chi connectivity index (χ1v) is 9.91. The quantitative estimate of drug-likeness (QED) is 0.444. The maximum atomic E-state index is 12.3. The Bertz CT molecular complexity index is 934. The Morgan fingerprint density at radius 3 is 2.70 bits per heavy atom. The van der Waals surface area contributed by atoms with Gasteiger partial charge in [0.15, 0.2) is 11.6 Å². The number of hydrogen-bond acceptors (Lipinski definition) is 7. The van der Waals surface area contributed by atoms with E-state index in [0.29, 0.717) is 22.4 Å². The van der Waals surface area contributed by atoms with E-state index in [4.69, 9.17) is 4.74 Å². The average molecular weight is 403 g/mol. The summed E-state index contributed by atoms with van der Waals surface area (Å²) in [5.74, 6) is 1.58. The molecular formula is C18H18N4O3S2. The molecule has 0 fully saturated rings. The number of Topliss-reactive ketones (excluding diaryl/α,β-unsaturated/α-hetero) is 1. The Morgan fingerprint density at radius 1 is 1.22 bits per heavy atom. The SMILES string of the molecule is COc1ccc(-c2nc(SCC(=O)c3ccc(CNC(C)=O)s3)n[nH]2)cc1. The predicted molar refractivity (Wildman–Crippen MR) is 105 cm³/mol. The number of benzene rings is 1. The van der Waals surface area contributed by atoms with Crippen LogP contribution in [0.5, 0.6) is 5.75 Å². The number of amides is 1. The van der Waals surface area contributed by atoms with Crippen molar-refractivity contribution in [3.63, 3.8) is 0 Å². The van der Waals surface area contributed by atoms with Crippen LogP contribution in [0.4, 0.5) is 0 Å². The van der Waals surface area contributed by atoms with Crippen molar-refractivity contribution >= 4 is 34.8 Å². The first kappa shape index (κ1) is 19.1. The number of rotatable bonds is 8. The lowest BCUT2D eigenvalue weighted by molar-refractivity contribution is -0.119. The molecule has 3 rings (SSSR count). The van der Waals surface area contributed by atoms with E-state index in [-0.39, 0.29) is 17.4 Å². The average Bonchev–Trinajstić information content (AvgIpc) is 3.34. The molecular weight excluding hydrogens is 384 g/mol. The number of aromatic nitrogens is 3. The number of ether oxygens (including phenoxy) is 1. The molecule has 0 bridgehead atoms. The third-order valence-electron chi connectivity index (χ3n) is 3.61. The molecule has 0 spiro atoms. The summed E-state index contributed by atoms with van der Waals surface area (Å²) in [5.41, 5.74) is 0.891. The van der Waals surface area contributed by atoms with Crippen LogP contribution >= 0.6 is 23.1 Å². The minimum Gasteiger partial charge on any atom is -0.497 e. The fourth-order valence-corrected chi connectivity index (χ4v) is 3.88. The zero-order valence-electron chi connectivity index (χ0n) is 14.8. The van der Waals surface area contributed by atoms with Gasteiger partial charge >= 0.3 is 0 Å². The zero-order chi connectivity index (χ0) is 19.2. The van der Waals surface area contributed by atoms with Gasteiger partial charge in [0.2, 0.25) is 11.1 Å². The lowest BCUT2D eigenvalue weighted by Gasteiger charge is -1.99. The number of carbonyl (C=O) groups is 2. The lowest BCUT2D eigenvalue weighted by atomic mass is 10.2. The Hall–Kier alpha value is -2.65. The van der Waals surface area contributed by atoms with E-state index < -0.39 is 0 Å². The second-order valence-electron chi connectivity index (χ2n) is 5.58. The molecule has 3 aromatic rings. The summed E-state index contributed by atoms with van der Waals surface area (Å²) >= 11 is 2.67. The number of thiophene rings is 1. The van der Waals surface area contributed by atoms with Crippen LogP contribution < -0.4 is 10.1 Å². The first-order valence-electron chi connectivity index (χ1n) is 8.11. The molecule has 2 aromatic heterocycles. The van der Waals surface area contributed by atoms with Crippen molar-refractivity contribution in [3.8, 4) is 17.1 Å². The molecule has 140 valence electrons.